The molecule has 110 valence electrons. The van der Waals surface area contributed by atoms with Crippen LogP contribution in [0.5, 0.6) is 11.5 Å². The molecule has 4 nitrogen and oxygen atoms in total. The van der Waals surface area contributed by atoms with Crippen molar-refractivity contribution >= 4 is 23.2 Å². The van der Waals surface area contributed by atoms with E-state index in [1.807, 2.05) is 24.3 Å². The van der Waals surface area contributed by atoms with Crippen molar-refractivity contribution in [3.05, 3.63) is 52.5 Å². The van der Waals surface area contributed by atoms with Crippen molar-refractivity contribution in [2.24, 2.45) is 5.73 Å². The van der Waals surface area contributed by atoms with Crippen LogP contribution in [0.2, 0.25) is 5.02 Å². The van der Waals surface area contributed by atoms with E-state index in [9.17, 15) is 4.79 Å². The summed E-state index contributed by atoms with van der Waals surface area (Å²) in [6, 6.07) is 10.6. The van der Waals surface area contributed by atoms with Gasteiger partial charge in [-0.25, -0.2) is 0 Å². The highest BCUT2D eigenvalue weighted by Gasteiger charge is 2.15. The molecule has 0 saturated heterocycles. The number of carbonyl (C=O) groups excluding carboxylic acids is 1. The summed E-state index contributed by atoms with van der Waals surface area (Å²) >= 11 is 6.10. The number of nitrogen functional groups attached to an aromatic ring is 1. The molecule has 2 aromatic rings. The van der Waals surface area contributed by atoms with Crippen LogP contribution in [-0.4, -0.2) is 5.91 Å². The molecular formula is C16H17ClN2O2. The van der Waals surface area contributed by atoms with E-state index in [0.29, 0.717) is 11.4 Å². The first-order chi connectivity index (χ1) is 10.0. The maximum absolute atomic E-state index is 11.5. The average Bonchev–Trinajstić information content (AvgIpc) is 2.43. The van der Waals surface area contributed by atoms with Crippen molar-refractivity contribution < 1.29 is 9.53 Å². The summed E-state index contributed by atoms with van der Waals surface area (Å²) in [7, 11) is 0. The minimum Gasteiger partial charge on any atom is -0.455 e. The Bertz CT molecular complexity index is 654. The van der Waals surface area contributed by atoms with Gasteiger partial charge in [-0.3, -0.25) is 4.79 Å². The topological polar surface area (TPSA) is 78.3 Å². The standard InChI is InChI=1S/C16H17ClN2O2/c1-2-3-10-4-6-12(7-5-10)21-15-13(16(19)20)8-11(18)9-14(15)17/h4-9H,2-3,18H2,1H3,(H2,19,20). The maximum Gasteiger partial charge on any atom is 0.252 e. The van der Waals surface area contributed by atoms with Crippen molar-refractivity contribution in [3.63, 3.8) is 0 Å². The molecule has 0 aliphatic heterocycles. The van der Waals surface area contributed by atoms with Crippen LogP contribution in [0, 0.1) is 0 Å². The smallest absolute Gasteiger partial charge is 0.252 e. The Morgan fingerprint density at radius 1 is 1.24 bits per heavy atom. The summed E-state index contributed by atoms with van der Waals surface area (Å²) in [5.41, 5.74) is 12.8. The molecule has 0 atom stereocenters. The van der Waals surface area contributed by atoms with E-state index < -0.39 is 5.91 Å². The van der Waals surface area contributed by atoms with Gasteiger partial charge in [0.15, 0.2) is 5.75 Å². The fourth-order valence-electron chi connectivity index (χ4n) is 2.03. The summed E-state index contributed by atoms with van der Waals surface area (Å²) < 4.78 is 5.70. The van der Waals surface area contributed by atoms with Crippen LogP contribution in [-0.2, 0) is 6.42 Å². The lowest BCUT2D eigenvalue weighted by Crippen LogP contribution is -2.13. The molecular weight excluding hydrogens is 288 g/mol. The van der Waals surface area contributed by atoms with Gasteiger partial charge in [0.05, 0.1) is 10.6 Å². The van der Waals surface area contributed by atoms with Gasteiger partial charge in [0.2, 0.25) is 0 Å². The maximum atomic E-state index is 11.5. The molecule has 4 N–H and O–H groups in total. The molecule has 0 radical (unpaired) electrons. The first-order valence-electron chi connectivity index (χ1n) is 6.67. The second-order valence-electron chi connectivity index (χ2n) is 4.74. The highest BCUT2D eigenvalue weighted by atomic mass is 35.5. The molecule has 0 unspecified atom stereocenters. The number of benzene rings is 2. The van der Waals surface area contributed by atoms with Crippen LogP contribution >= 0.6 is 11.6 Å². The van der Waals surface area contributed by atoms with E-state index in [0.717, 1.165) is 12.8 Å². The lowest BCUT2D eigenvalue weighted by molar-refractivity contribution is 0.0998. The Kier molecular flexibility index (Phi) is 4.70. The molecule has 21 heavy (non-hydrogen) atoms. The molecule has 0 heterocycles. The number of rotatable bonds is 5. The fourth-order valence-corrected chi connectivity index (χ4v) is 2.30. The van der Waals surface area contributed by atoms with Gasteiger partial charge >= 0.3 is 0 Å². The van der Waals surface area contributed by atoms with Crippen LogP contribution in [0.15, 0.2) is 36.4 Å². The third kappa shape index (κ3) is 3.67. The largest absolute Gasteiger partial charge is 0.455 e. The molecule has 0 aromatic heterocycles. The Morgan fingerprint density at radius 3 is 2.48 bits per heavy atom. The van der Waals surface area contributed by atoms with E-state index in [-0.39, 0.29) is 16.3 Å². The van der Waals surface area contributed by atoms with Crippen molar-refractivity contribution in [1.29, 1.82) is 0 Å². The first-order valence-corrected chi connectivity index (χ1v) is 7.04. The van der Waals surface area contributed by atoms with Crippen molar-refractivity contribution in [1.82, 2.24) is 0 Å². The number of carbonyl (C=O) groups is 1. The predicted molar refractivity (Wildman–Crippen MR) is 84.9 cm³/mol. The molecule has 0 spiro atoms. The zero-order chi connectivity index (χ0) is 15.4. The van der Waals surface area contributed by atoms with Gasteiger partial charge in [-0.15, -0.1) is 0 Å². The first kappa shape index (κ1) is 15.2. The van der Waals surface area contributed by atoms with E-state index in [1.165, 1.54) is 17.7 Å². The van der Waals surface area contributed by atoms with Crippen LogP contribution in [0.3, 0.4) is 0 Å². The summed E-state index contributed by atoms with van der Waals surface area (Å²) in [4.78, 5) is 11.5. The van der Waals surface area contributed by atoms with Crippen LogP contribution in [0.25, 0.3) is 0 Å². The molecule has 0 saturated carbocycles. The van der Waals surface area contributed by atoms with E-state index >= 15 is 0 Å². The molecule has 2 rings (SSSR count). The molecule has 0 bridgehead atoms. The molecule has 0 fully saturated rings. The summed E-state index contributed by atoms with van der Waals surface area (Å²) in [6.07, 6.45) is 2.09. The monoisotopic (exact) mass is 304 g/mol. The lowest BCUT2D eigenvalue weighted by Gasteiger charge is -2.12. The summed E-state index contributed by atoms with van der Waals surface area (Å²) in [5, 5.41) is 0.251. The van der Waals surface area contributed by atoms with Gasteiger partial charge in [-0.2, -0.15) is 0 Å². The van der Waals surface area contributed by atoms with Crippen molar-refractivity contribution in [3.8, 4) is 11.5 Å². The number of ether oxygens (including phenoxy) is 1. The van der Waals surface area contributed by atoms with Crippen molar-refractivity contribution in [2.45, 2.75) is 19.8 Å². The van der Waals surface area contributed by atoms with Gasteiger partial charge in [-0.05, 0) is 36.2 Å². The number of aryl methyl sites for hydroxylation is 1. The molecule has 0 aliphatic rings. The van der Waals surface area contributed by atoms with Crippen molar-refractivity contribution in [2.75, 3.05) is 5.73 Å². The molecule has 2 aromatic carbocycles. The lowest BCUT2D eigenvalue weighted by atomic mass is 10.1. The fraction of sp³-hybridized carbons (Fsp3) is 0.188. The molecule has 0 aliphatic carbocycles. The van der Waals surface area contributed by atoms with Gasteiger partial charge in [0.25, 0.3) is 5.91 Å². The second-order valence-corrected chi connectivity index (χ2v) is 5.15. The minimum absolute atomic E-state index is 0.164. The quantitative estimate of drug-likeness (QED) is 0.825. The number of halogens is 1. The number of hydrogen-bond donors (Lipinski definition) is 2. The van der Waals surface area contributed by atoms with Crippen LogP contribution in [0.4, 0.5) is 5.69 Å². The van der Waals surface area contributed by atoms with Gasteiger partial charge in [0.1, 0.15) is 5.75 Å². The minimum atomic E-state index is -0.637. The summed E-state index contributed by atoms with van der Waals surface area (Å²) in [5.74, 6) is 0.174. The van der Waals surface area contributed by atoms with Gasteiger partial charge in [0, 0.05) is 5.69 Å². The number of primary amides is 1. The Morgan fingerprint density at radius 2 is 1.90 bits per heavy atom. The highest BCUT2D eigenvalue weighted by Crippen LogP contribution is 2.35. The number of amides is 1. The Balaban J connectivity index is 2.32. The molecule has 5 heteroatoms. The van der Waals surface area contributed by atoms with Crippen LogP contribution in [0.1, 0.15) is 29.3 Å². The number of nitrogens with two attached hydrogens (primary N) is 2. The Labute approximate surface area is 128 Å². The SMILES string of the molecule is CCCc1ccc(Oc2c(Cl)cc(N)cc2C(N)=O)cc1. The predicted octanol–water partition coefficient (Wildman–Crippen LogP) is 3.77. The second kappa shape index (κ2) is 6.50. The number of anilines is 1. The third-order valence-corrected chi connectivity index (χ3v) is 3.29. The van der Waals surface area contributed by atoms with E-state index in [4.69, 9.17) is 27.8 Å². The zero-order valence-electron chi connectivity index (χ0n) is 11.7. The van der Waals surface area contributed by atoms with Gasteiger partial charge in [-0.1, -0.05) is 37.1 Å². The van der Waals surface area contributed by atoms with E-state index in [2.05, 4.69) is 6.92 Å². The zero-order valence-corrected chi connectivity index (χ0v) is 12.5. The van der Waals surface area contributed by atoms with Gasteiger partial charge < -0.3 is 16.2 Å². The van der Waals surface area contributed by atoms with E-state index in [1.54, 1.807) is 0 Å². The van der Waals surface area contributed by atoms with Crippen LogP contribution < -0.4 is 16.2 Å². The average molecular weight is 305 g/mol. The highest BCUT2D eigenvalue weighted by molar-refractivity contribution is 6.33. The Hall–Kier alpha value is -2.20. The molecule has 1 amide bonds. The number of hydrogen-bond acceptors (Lipinski definition) is 3. The third-order valence-electron chi connectivity index (χ3n) is 3.01. The summed E-state index contributed by atoms with van der Waals surface area (Å²) in [6.45, 7) is 2.12. The normalized spacial score (nSPS) is 10.4.